The third-order valence-corrected chi connectivity index (χ3v) is 1.42. The van der Waals surface area contributed by atoms with E-state index in [1.807, 2.05) is 27.7 Å². The Morgan fingerprint density at radius 3 is 2.09 bits per heavy atom. The first-order chi connectivity index (χ1) is 4.88. The van der Waals surface area contributed by atoms with Crippen LogP contribution in [-0.4, -0.2) is 5.78 Å². The van der Waals surface area contributed by atoms with Crippen molar-refractivity contribution in [2.45, 2.75) is 27.7 Å². The van der Waals surface area contributed by atoms with Gasteiger partial charge in [0.1, 0.15) is 0 Å². The standard InChI is InChI=1S/C10H16O/c1-6-8(2)7-9(11)10(3,4)5/h6-7H,1H2,2-5H3/b8-7-. The normalized spacial score (nSPS) is 12.9. The van der Waals surface area contributed by atoms with Gasteiger partial charge in [-0.3, -0.25) is 4.79 Å². The molecule has 0 radical (unpaired) electrons. The van der Waals surface area contributed by atoms with Crippen molar-refractivity contribution in [3.63, 3.8) is 0 Å². The summed E-state index contributed by atoms with van der Waals surface area (Å²) in [7, 11) is 0. The van der Waals surface area contributed by atoms with E-state index < -0.39 is 0 Å². The minimum absolute atomic E-state index is 0.148. The van der Waals surface area contributed by atoms with Crippen LogP contribution < -0.4 is 0 Å². The molecule has 0 rings (SSSR count). The molecule has 0 aromatic rings. The van der Waals surface area contributed by atoms with Crippen molar-refractivity contribution < 1.29 is 4.79 Å². The van der Waals surface area contributed by atoms with Crippen LogP contribution in [0, 0.1) is 5.41 Å². The lowest BCUT2D eigenvalue weighted by Gasteiger charge is -2.13. The van der Waals surface area contributed by atoms with Gasteiger partial charge in [0.25, 0.3) is 0 Å². The van der Waals surface area contributed by atoms with Crippen LogP contribution in [0.15, 0.2) is 24.3 Å². The maximum atomic E-state index is 11.3. The lowest BCUT2D eigenvalue weighted by molar-refractivity contribution is -0.121. The van der Waals surface area contributed by atoms with Crippen molar-refractivity contribution in [2.75, 3.05) is 0 Å². The lowest BCUT2D eigenvalue weighted by Crippen LogP contribution is -2.17. The second-order valence-corrected chi connectivity index (χ2v) is 3.71. The Kier molecular flexibility index (Phi) is 3.24. The van der Waals surface area contributed by atoms with Crippen LogP contribution in [0.1, 0.15) is 27.7 Å². The molecule has 0 atom stereocenters. The van der Waals surface area contributed by atoms with Gasteiger partial charge in [-0.05, 0) is 18.6 Å². The van der Waals surface area contributed by atoms with Crippen LogP contribution in [0.2, 0.25) is 0 Å². The smallest absolute Gasteiger partial charge is 0.161 e. The monoisotopic (exact) mass is 152 g/mol. The minimum atomic E-state index is -0.274. The number of rotatable bonds is 2. The Morgan fingerprint density at radius 2 is 1.82 bits per heavy atom. The Balaban J connectivity index is 4.42. The number of hydrogen-bond donors (Lipinski definition) is 0. The van der Waals surface area contributed by atoms with Crippen LogP contribution in [0.25, 0.3) is 0 Å². The van der Waals surface area contributed by atoms with Gasteiger partial charge in [-0.15, -0.1) is 0 Å². The molecule has 0 amide bonds. The lowest BCUT2D eigenvalue weighted by atomic mass is 9.90. The second-order valence-electron chi connectivity index (χ2n) is 3.71. The molecule has 0 fully saturated rings. The molecular formula is C10H16O. The van der Waals surface area contributed by atoms with E-state index >= 15 is 0 Å². The number of ketones is 1. The topological polar surface area (TPSA) is 17.1 Å². The van der Waals surface area contributed by atoms with Gasteiger partial charge in [0.05, 0.1) is 0 Å². The van der Waals surface area contributed by atoms with Crippen LogP contribution in [-0.2, 0) is 4.79 Å². The Hall–Kier alpha value is -0.850. The van der Waals surface area contributed by atoms with Crippen molar-refractivity contribution in [3.8, 4) is 0 Å². The molecule has 0 spiro atoms. The van der Waals surface area contributed by atoms with E-state index in [4.69, 9.17) is 0 Å². The Bertz CT molecular complexity index is 191. The summed E-state index contributed by atoms with van der Waals surface area (Å²) < 4.78 is 0. The SMILES string of the molecule is C=C/C(C)=C\C(=O)C(C)(C)C. The number of carbonyl (C=O) groups excluding carboxylic acids is 1. The molecule has 0 bridgehead atoms. The third-order valence-electron chi connectivity index (χ3n) is 1.42. The maximum absolute atomic E-state index is 11.3. The van der Waals surface area contributed by atoms with E-state index in [1.165, 1.54) is 0 Å². The molecule has 0 aliphatic heterocycles. The predicted octanol–water partition coefficient (Wildman–Crippen LogP) is 2.73. The zero-order valence-corrected chi connectivity index (χ0v) is 7.77. The molecule has 11 heavy (non-hydrogen) atoms. The largest absolute Gasteiger partial charge is 0.294 e. The highest BCUT2D eigenvalue weighted by molar-refractivity contribution is 5.94. The summed E-state index contributed by atoms with van der Waals surface area (Å²) in [5.41, 5.74) is 0.648. The summed E-state index contributed by atoms with van der Waals surface area (Å²) in [6.07, 6.45) is 3.32. The highest BCUT2D eigenvalue weighted by Gasteiger charge is 2.18. The average molecular weight is 152 g/mol. The molecule has 0 heterocycles. The molecule has 0 aromatic carbocycles. The molecule has 1 heteroatoms. The molecule has 0 aliphatic carbocycles. The van der Waals surface area contributed by atoms with E-state index in [1.54, 1.807) is 12.2 Å². The zero-order valence-electron chi connectivity index (χ0n) is 7.77. The first kappa shape index (κ1) is 10.2. The van der Waals surface area contributed by atoms with Gasteiger partial charge < -0.3 is 0 Å². The van der Waals surface area contributed by atoms with E-state index in [0.717, 1.165) is 5.57 Å². The second kappa shape index (κ2) is 3.51. The molecular weight excluding hydrogens is 136 g/mol. The molecule has 0 unspecified atom stereocenters. The highest BCUT2D eigenvalue weighted by Crippen LogP contribution is 2.16. The van der Waals surface area contributed by atoms with Gasteiger partial charge in [-0.2, -0.15) is 0 Å². The van der Waals surface area contributed by atoms with Gasteiger partial charge in [-0.25, -0.2) is 0 Å². The molecule has 0 saturated carbocycles. The van der Waals surface area contributed by atoms with Crippen LogP contribution in [0.5, 0.6) is 0 Å². The predicted molar refractivity (Wildman–Crippen MR) is 48.4 cm³/mol. The van der Waals surface area contributed by atoms with E-state index in [9.17, 15) is 4.79 Å². The van der Waals surface area contributed by atoms with Crippen molar-refractivity contribution in [2.24, 2.45) is 5.41 Å². The fourth-order valence-corrected chi connectivity index (χ4v) is 0.482. The number of hydrogen-bond acceptors (Lipinski definition) is 1. The number of carbonyl (C=O) groups is 1. The van der Waals surface area contributed by atoms with E-state index in [2.05, 4.69) is 6.58 Å². The summed E-state index contributed by atoms with van der Waals surface area (Å²) in [6, 6.07) is 0. The first-order valence-electron chi connectivity index (χ1n) is 3.73. The molecule has 0 aromatic heterocycles. The summed E-state index contributed by atoms with van der Waals surface area (Å²) in [5, 5.41) is 0. The summed E-state index contributed by atoms with van der Waals surface area (Å²) >= 11 is 0. The van der Waals surface area contributed by atoms with Crippen molar-refractivity contribution >= 4 is 5.78 Å². The molecule has 0 saturated heterocycles. The maximum Gasteiger partial charge on any atom is 0.161 e. The van der Waals surface area contributed by atoms with Crippen molar-refractivity contribution in [3.05, 3.63) is 24.3 Å². The van der Waals surface area contributed by atoms with Crippen LogP contribution in [0.3, 0.4) is 0 Å². The minimum Gasteiger partial charge on any atom is -0.294 e. The van der Waals surface area contributed by atoms with Crippen molar-refractivity contribution in [1.82, 2.24) is 0 Å². The molecule has 0 N–H and O–H groups in total. The van der Waals surface area contributed by atoms with Crippen molar-refractivity contribution in [1.29, 1.82) is 0 Å². The Labute approximate surface area is 68.8 Å². The van der Waals surface area contributed by atoms with Gasteiger partial charge >= 0.3 is 0 Å². The average Bonchev–Trinajstić information content (AvgIpc) is 1.85. The third kappa shape index (κ3) is 3.76. The van der Waals surface area contributed by atoms with Gasteiger partial charge in [-0.1, -0.05) is 33.4 Å². The zero-order chi connectivity index (χ0) is 9.07. The van der Waals surface area contributed by atoms with Crippen LogP contribution >= 0.6 is 0 Å². The summed E-state index contributed by atoms with van der Waals surface area (Å²) in [4.78, 5) is 11.3. The van der Waals surface area contributed by atoms with Crippen LogP contribution in [0.4, 0.5) is 0 Å². The van der Waals surface area contributed by atoms with E-state index in [0.29, 0.717) is 0 Å². The summed E-state index contributed by atoms with van der Waals surface area (Å²) in [5.74, 6) is 0.148. The highest BCUT2D eigenvalue weighted by atomic mass is 16.1. The molecule has 1 nitrogen and oxygen atoms in total. The summed E-state index contributed by atoms with van der Waals surface area (Å²) in [6.45, 7) is 11.2. The first-order valence-corrected chi connectivity index (χ1v) is 3.73. The molecule has 62 valence electrons. The molecule has 0 aliphatic rings. The quantitative estimate of drug-likeness (QED) is 0.439. The van der Waals surface area contributed by atoms with E-state index in [-0.39, 0.29) is 11.2 Å². The Morgan fingerprint density at radius 1 is 1.36 bits per heavy atom. The number of allylic oxidation sites excluding steroid dienone is 3. The van der Waals surface area contributed by atoms with Gasteiger partial charge in [0.15, 0.2) is 5.78 Å². The fraction of sp³-hybridized carbons (Fsp3) is 0.500. The fourth-order valence-electron chi connectivity index (χ4n) is 0.482. The van der Waals surface area contributed by atoms with Gasteiger partial charge in [0.2, 0.25) is 0 Å². The van der Waals surface area contributed by atoms with Gasteiger partial charge in [0, 0.05) is 5.41 Å².